The molecule has 256 valence electrons. The normalized spacial score (nSPS) is 42.3. The molecule has 3 fully saturated rings. The number of hydrogen-bond donors (Lipinski definition) is 11. The van der Waals surface area contributed by atoms with Crippen molar-refractivity contribution in [3.63, 3.8) is 0 Å². The Balaban J connectivity index is 1.82. The van der Waals surface area contributed by atoms with E-state index in [4.69, 9.17) is 47.0 Å². The van der Waals surface area contributed by atoms with E-state index in [2.05, 4.69) is 15.3 Å². The maximum absolute atomic E-state index is 13.1. The van der Waals surface area contributed by atoms with Crippen LogP contribution in [0.1, 0.15) is 26.2 Å². The zero-order valence-electron chi connectivity index (χ0n) is 24.6. The van der Waals surface area contributed by atoms with Gasteiger partial charge in [-0.25, -0.2) is 8.78 Å². The fourth-order valence-corrected chi connectivity index (χ4v) is 5.51. The molecule has 0 aromatic carbocycles. The summed E-state index contributed by atoms with van der Waals surface area (Å²) < 4.78 is 49.8. The molecule has 0 radical (unpaired) electrons. The van der Waals surface area contributed by atoms with Crippen molar-refractivity contribution < 1.29 is 58.4 Å². The van der Waals surface area contributed by atoms with E-state index < -0.39 is 104 Å². The molecule has 17 nitrogen and oxygen atoms in total. The SMILES string of the molecule is CN[C@@H]1[C@@H](O)[C@@H](O[C@@H]2[C@@H](O)[C@H](O[C@H]3O[C@H](CN=C(N)C(O)CO)CC[C@H]3N)[C@@H](N)C[C@H]2N=C(N)C(O)C(F)F)OC[C@]1(C)O. The number of aliphatic hydroxyl groups excluding tert-OH is 5. The summed E-state index contributed by atoms with van der Waals surface area (Å²) in [5.41, 5.74) is 22.4. The van der Waals surface area contributed by atoms with Gasteiger partial charge in [-0.15, -0.1) is 0 Å². The van der Waals surface area contributed by atoms with E-state index in [1.54, 1.807) is 0 Å². The number of ether oxygens (including phenoxy) is 4. The van der Waals surface area contributed by atoms with Gasteiger partial charge >= 0.3 is 0 Å². The smallest absolute Gasteiger partial charge is 0.271 e. The van der Waals surface area contributed by atoms with Crippen molar-refractivity contribution in [1.82, 2.24) is 5.32 Å². The van der Waals surface area contributed by atoms with Crippen molar-refractivity contribution in [3.8, 4) is 0 Å². The van der Waals surface area contributed by atoms with Crippen molar-refractivity contribution in [3.05, 3.63) is 0 Å². The Labute approximate surface area is 253 Å². The summed E-state index contributed by atoms with van der Waals surface area (Å²) in [5, 5.41) is 64.2. The second-order valence-electron chi connectivity index (χ2n) is 11.6. The van der Waals surface area contributed by atoms with Crippen molar-refractivity contribution in [2.45, 2.75) is 118 Å². The molecule has 3 rings (SSSR count). The highest BCUT2D eigenvalue weighted by molar-refractivity contribution is 5.85. The Hall–Kier alpha value is -1.72. The molecular formula is C25H47F2N7O10. The summed E-state index contributed by atoms with van der Waals surface area (Å²) >= 11 is 0. The van der Waals surface area contributed by atoms with Crippen LogP contribution in [0.2, 0.25) is 0 Å². The van der Waals surface area contributed by atoms with E-state index in [-0.39, 0.29) is 25.4 Å². The van der Waals surface area contributed by atoms with Crippen LogP contribution in [0.5, 0.6) is 0 Å². The number of likely N-dealkylation sites (N-methyl/N-ethyl adjacent to an activating group) is 1. The molecule has 0 aromatic heterocycles. The van der Waals surface area contributed by atoms with E-state index in [1.165, 1.54) is 14.0 Å². The number of amidine groups is 2. The van der Waals surface area contributed by atoms with Crippen LogP contribution >= 0.6 is 0 Å². The molecule has 2 aliphatic heterocycles. The zero-order chi connectivity index (χ0) is 32.9. The van der Waals surface area contributed by atoms with Gasteiger partial charge in [0.15, 0.2) is 18.7 Å². The molecule has 44 heavy (non-hydrogen) atoms. The molecule has 19 heteroatoms. The molecule has 2 heterocycles. The number of halogens is 2. The van der Waals surface area contributed by atoms with Gasteiger partial charge in [0.05, 0.1) is 44.0 Å². The van der Waals surface area contributed by atoms with E-state index in [9.17, 15) is 34.3 Å². The molecule has 15 N–H and O–H groups in total. The molecule has 0 amide bonds. The predicted octanol–water partition coefficient (Wildman–Crippen LogP) is -5.20. The van der Waals surface area contributed by atoms with E-state index in [0.717, 1.165) is 0 Å². The van der Waals surface area contributed by atoms with Crippen LogP contribution in [0.3, 0.4) is 0 Å². The zero-order valence-corrected chi connectivity index (χ0v) is 24.6. The molecule has 0 spiro atoms. The van der Waals surface area contributed by atoms with Crippen molar-refractivity contribution in [1.29, 1.82) is 0 Å². The van der Waals surface area contributed by atoms with Gasteiger partial charge in [-0.2, -0.15) is 0 Å². The van der Waals surface area contributed by atoms with Crippen LogP contribution in [0.25, 0.3) is 0 Å². The lowest BCUT2D eigenvalue weighted by Crippen LogP contribution is -2.67. The van der Waals surface area contributed by atoms with Gasteiger partial charge < -0.3 is 77.8 Å². The number of nitrogens with zero attached hydrogens (tertiary/aromatic N) is 2. The van der Waals surface area contributed by atoms with Crippen LogP contribution in [0.4, 0.5) is 8.78 Å². The van der Waals surface area contributed by atoms with E-state index >= 15 is 0 Å². The lowest BCUT2D eigenvalue weighted by atomic mass is 9.83. The number of rotatable bonds is 12. The second-order valence-corrected chi connectivity index (χ2v) is 11.6. The van der Waals surface area contributed by atoms with Crippen LogP contribution in [-0.2, 0) is 18.9 Å². The van der Waals surface area contributed by atoms with Crippen LogP contribution in [-0.4, -0.2) is 161 Å². The number of hydrogen-bond acceptors (Lipinski definition) is 15. The molecule has 2 unspecified atom stereocenters. The van der Waals surface area contributed by atoms with Crippen LogP contribution in [0, 0.1) is 0 Å². The first-order chi connectivity index (χ1) is 20.6. The topological polar surface area (TPSA) is 299 Å². The summed E-state index contributed by atoms with van der Waals surface area (Å²) in [6, 6.07) is -3.74. The molecular weight excluding hydrogens is 596 g/mol. The first kappa shape index (κ1) is 36.7. The Kier molecular flexibility index (Phi) is 13.1. The minimum atomic E-state index is -3.23. The third kappa shape index (κ3) is 8.75. The maximum Gasteiger partial charge on any atom is 0.271 e. The van der Waals surface area contributed by atoms with Crippen molar-refractivity contribution in [2.75, 3.05) is 26.8 Å². The van der Waals surface area contributed by atoms with Gasteiger partial charge in [0.1, 0.15) is 47.8 Å². The third-order valence-corrected chi connectivity index (χ3v) is 8.06. The summed E-state index contributed by atoms with van der Waals surface area (Å²) in [4.78, 5) is 8.02. The average Bonchev–Trinajstić information content (AvgIpc) is 2.97. The lowest BCUT2D eigenvalue weighted by Gasteiger charge is -2.48. The fourth-order valence-electron chi connectivity index (χ4n) is 5.51. The van der Waals surface area contributed by atoms with Gasteiger partial charge in [-0.3, -0.25) is 9.98 Å². The number of aliphatic hydroxyl groups is 6. The maximum atomic E-state index is 13.1. The van der Waals surface area contributed by atoms with Crippen LogP contribution in [0.15, 0.2) is 9.98 Å². The quantitative estimate of drug-likeness (QED) is 0.0700. The third-order valence-electron chi connectivity index (χ3n) is 8.06. The Bertz CT molecular complexity index is 986. The number of nitrogens with two attached hydrogens (primary N) is 4. The van der Waals surface area contributed by atoms with E-state index in [1.807, 2.05) is 0 Å². The molecule has 2 saturated heterocycles. The van der Waals surface area contributed by atoms with E-state index in [0.29, 0.717) is 12.8 Å². The number of alkyl halides is 2. The van der Waals surface area contributed by atoms with Gasteiger partial charge in [-0.1, -0.05) is 0 Å². The molecule has 1 saturated carbocycles. The molecule has 14 atom stereocenters. The number of aliphatic imine (C=N–C) groups is 2. The minimum absolute atomic E-state index is 0.0241. The first-order valence-corrected chi connectivity index (χ1v) is 14.3. The fraction of sp³-hybridized carbons (Fsp3) is 0.920. The minimum Gasteiger partial charge on any atom is -0.393 e. The predicted molar refractivity (Wildman–Crippen MR) is 150 cm³/mol. The Morgan fingerprint density at radius 1 is 1.05 bits per heavy atom. The highest BCUT2D eigenvalue weighted by Gasteiger charge is 2.51. The molecule has 1 aliphatic carbocycles. The van der Waals surface area contributed by atoms with Gasteiger partial charge in [0, 0.05) is 6.04 Å². The standard InChI is InChI=1S/C25H47F2N7O10/c1-25(40)8-41-24(15(38)19(25)32-2)44-18-12(34-22(31)16(39)20(26)27)5-11(29)17(14(18)37)43-23-10(28)4-3-9(42-23)6-33-21(30)13(36)7-35/h9-20,23-24,32,35-40H,3-8,28-29H2,1-2H3,(H2,30,33)(H2,31,34)/t9-,10+,11-,12+,13?,14-,15+,16?,17+,18-,19+,23+,24+,25-/m0/s1. The Morgan fingerprint density at radius 3 is 2.32 bits per heavy atom. The second kappa shape index (κ2) is 15.7. The van der Waals surface area contributed by atoms with Crippen molar-refractivity contribution in [2.24, 2.45) is 32.9 Å². The summed E-state index contributed by atoms with van der Waals surface area (Å²) in [7, 11) is 1.51. The Morgan fingerprint density at radius 2 is 1.70 bits per heavy atom. The first-order valence-electron chi connectivity index (χ1n) is 14.3. The largest absolute Gasteiger partial charge is 0.393 e. The lowest BCUT2D eigenvalue weighted by molar-refractivity contribution is -0.306. The van der Waals surface area contributed by atoms with Gasteiger partial charge in [-0.05, 0) is 33.2 Å². The van der Waals surface area contributed by atoms with Crippen LogP contribution < -0.4 is 28.3 Å². The highest BCUT2D eigenvalue weighted by Crippen LogP contribution is 2.33. The summed E-state index contributed by atoms with van der Waals surface area (Å²) in [6.45, 7) is 0.599. The van der Waals surface area contributed by atoms with Gasteiger partial charge in [0.2, 0.25) is 0 Å². The highest BCUT2D eigenvalue weighted by atomic mass is 19.3. The van der Waals surface area contributed by atoms with Gasteiger partial charge in [0.25, 0.3) is 6.43 Å². The summed E-state index contributed by atoms with van der Waals surface area (Å²) in [5.74, 6) is -0.990. The average molecular weight is 644 g/mol. The van der Waals surface area contributed by atoms with Crippen molar-refractivity contribution >= 4 is 11.7 Å². The monoisotopic (exact) mass is 643 g/mol. The molecule has 0 bridgehead atoms. The number of nitrogens with one attached hydrogen (secondary N) is 1. The summed E-state index contributed by atoms with van der Waals surface area (Å²) in [6.07, 6.45) is -15.0. The molecule has 3 aliphatic rings. The molecule has 0 aromatic rings.